The highest BCUT2D eigenvalue weighted by molar-refractivity contribution is 6.31. The van der Waals surface area contributed by atoms with Gasteiger partial charge in [0.05, 0.1) is 12.1 Å². The van der Waals surface area contributed by atoms with E-state index in [-0.39, 0.29) is 24.9 Å². The van der Waals surface area contributed by atoms with Gasteiger partial charge in [0.1, 0.15) is 5.15 Å². The van der Waals surface area contributed by atoms with E-state index in [4.69, 9.17) is 21.4 Å². The number of carbonyl (C=O) groups excluding carboxylic acids is 1. The number of carboxylic acid groups (broad SMARTS) is 1. The van der Waals surface area contributed by atoms with Gasteiger partial charge in [-0.1, -0.05) is 25.4 Å². The van der Waals surface area contributed by atoms with E-state index in [1.165, 1.54) is 6.08 Å². The maximum Gasteiger partial charge on any atom is 0.305 e. The molecule has 1 aromatic rings. The Morgan fingerprint density at radius 3 is 2.67 bits per heavy atom. The van der Waals surface area contributed by atoms with E-state index in [1.807, 2.05) is 6.92 Å². The zero-order chi connectivity index (χ0) is 20.0. The summed E-state index contributed by atoms with van der Waals surface area (Å²) in [5.41, 5.74) is 1.48. The van der Waals surface area contributed by atoms with E-state index in [1.54, 1.807) is 15.7 Å². The molecule has 0 bridgehead atoms. The lowest BCUT2D eigenvalue weighted by Crippen LogP contribution is -2.43. The van der Waals surface area contributed by atoms with Crippen molar-refractivity contribution in [1.29, 1.82) is 0 Å². The van der Waals surface area contributed by atoms with Crippen LogP contribution in [0.15, 0.2) is 6.08 Å². The topological polar surface area (TPSA) is 84.7 Å². The van der Waals surface area contributed by atoms with Crippen molar-refractivity contribution in [3.63, 3.8) is 0 Å². The first-order valence-corrected chi connectivity index (χ1v) is 9.68. The third-order valence-corrected chi connectivity index (χ3v) is 4.92. The molecule has 1 aromatic heterocycles. The summed E-state index contributed by atoms with van der Waals surface area (Å²) >= 11 is 6.42. The van der Waals surface area contributed by atoms with Gasteiger partial charge in [0.2, 0.25) is 5.91 Å². The van der Waals surface area contributed by atoms with Crippen LogP contribution in [-0.4, -0.2) is 57.5 Å². The summed E-state index contributed by atoms with van der Waals surface area (Å²) in [6.45, 7) is 8.07. The molecule has 0 radical (unpaired) electrons. The second kappa shape index (κ2) is 9.90. The molecular weight excluding hydrogens is 370 g/mol. The number of carbonyl (C=O) groups is 2. The lowest BCUT2D eigenvalue weighted by atomic mass is 10.1. The number of ether oxygens (including phenoxy) is 1. The quantitative estimate of drug-likeness (QED) is 0.681. The highest BCUT2D eigenvalue weighted by Crippen LogP contribution is 2.23. The van der Waals surface area contributed by atoms with Crippen molar-refractivity contribution < 1.29 is 19.4 Å². The Morgan fingerprint density at radius 1 is 1.41 bits per heavy atom. The van der Waals surface area contributed by atoms with E-state index < -0.39 is 5.97 Å². The largest absolute Gasteiger partial charge is 0.481 e. The third-order valence-electron chi connectivity index (χ3n) is 4.52. The van der Waals surface area contributed by atoms with Crippen molar-refractivity contribution in [2.75, 3.05) is 19.8 Å². The van der Waals surface area contributed by atoms with Crippen LogP contribution in [0.1, 0.15) is 44.4 Å². The molecule has 0 spiro atoms. The molecule has 2 rings (SSSR count). The van der Waals surface area contributed by atoms with Gasteiger partial charge in [-0.2, -0.15) is 5.10 Å². The Morgan fingerprint density at radius 2 is 2.07 bits per heavy atom. The summed E-state index contributed by atoms with van der Waals surface area (Å²) in [6, 6.07) is -0.00418. The average Bonchev–Trinajstić information content (AvgIpc) is 2.86. The Balaban J connectivity index is 2.15. The van der Waals surface area contributed by atoms with E-state index in [9.17, 15) is 9.59 Å². The van der Waals surface area contributed by atoms with Crippen LogP contribution >= 0.6 is 11.6 Å². The molecule has 0 unspecified atom stereocenters. The zero-order valence-electron chi connectivity index (χ0n) is 16.2. The molecule has 150 valence electrons. The van der Waals surface area contributed by atoms with Gasteiger partial charge in [-0.05, 0) is 31.8 Å². The Hall–Kier alpha value is -1.86. The number of aromatic nitrogens is 2. The molecule has 1 saturated heterocycles. The summed E-state index contributed by atoms with van der Waals surface area (Å²) in [4.78, 5) is 25.4. The first-order valence-electron chi connectivity index (χ1n) is 9.30. The fourth-order valence-electron chi connectivity index (χ4n) is 3.16. The van der Waals surface area contributed by atoms with Gasteiger partial charge < -0.3 is 14.7 Å². The standard InChI is InChI=1S/C19H28ClN3O4/c1-13(2)12-23-19(20)16(14(3)21-23)4-5-17(24)22(9-6-18(25)26)15-7-10-27-11-8-15/h4-5,13,15H,6-12H2,1-3H3,(H,25,26)/b5-4+. The number of nitrogens with zero attached hydrogens (tertiary/aromatic N) is 3. The molecule has 8 heteroatoms. The van der Waals surface area contributed by atoms with Crippen LogP contribution in [0.4, 0.5) is 0 Å². The fraction of sp³-hybridized carbons (Fsp3) is 0.632. The molecule has 1 amide bonds. The van der Waals surface area contributed by atoms with Gasteiger partial charge in [-0.25, -0.2) is 0 Å². The first kappa shape index (κ1) is 21.4. The van der Waals surface area contributed by atoms with Crippen molar-refractivity contribution in [1.82, 2.24) is 14.7 Å². The highest BCUT2D eigenvalue weighted by Gasteiger charge is 2.25. The monoisotopic (exact) mass is 397 g/mol. The Bertz CT molecular complexity index is 693. The van der Waals surface area contributed by atoms with Crippen LogP contribution in [0.5, 0.6) is 0 Å². The van der Waals surface area contributed by atoms with Gasteiger partial charge in [0, 0.05) is 44.0 Å². The Kier molecular flexibility index (Phi) is 7.86. The van der Waals surface area contributed by atoms with Crippen molar-refractivity contribution in [2.24, 2.45) is 5.92 Å². The summed E-state index contributed by atoms with van der Waals surface area (Å²) in [5.74, 6) is -0.729. The number of hydrogen-bond donors (Lipinski definition) is 1. The van der Waals surface area contributed by atoms with Crippen LogP contribution < -0.4 is 0 Å². The molecule has 0 saturated carbocycles. The normalized spacial score (nSPS) is 15.6. The number of rotatable bonds is 8. The van der Waals surface area contributed by atoms with Gasteiger partial charge in [0.15, 0.2) is 0 Å². The number of aliphatic carboxylic acids is 1. The first-order chi connectivity index (χ1) is 12.8. The van der Waals surface area contributed by atoms with Crippen LogP contribution in [0.2, 0.25) is 5.15 Å². The minimum absolute atomic E-state index is 0.00418. The molecule has 0 aromatic carbocycles. The van der Waals surface area contributed by atoms with Crippen molar-refractivity contribution in [2.45, 2.75) is 52.6 Å². The molecular formula is C19H28ClN3O4. The molecule has 1 N–H and O–H groups in total. The second-order valence-electron chi connectivity index (χ2n) is 7.22. The Labute approximate surface area is 164 Å². The SMILES string of the molecule is Cc1nn(CC(C)C)c(Cl)c1/C=C/C(=O)N(CCC(=O)O)C1CCOCC1. The van der Waals surface area contributed by atoms with E-state index >= 15 is 0 Å². The number of hydrogen-bond acceptors (Lipinski definition) is 4. The van der Waals surface area contributed by atoms with Crippen molar-refractivity contribution >= 4 is 29.6 Å². The van der Waals surface area contributed by atoms with E-state index in [2.05, 4.69) is 18.9 Å². The summed E-state index contributed by atoms with van der Waals surface area (Å²) in [7, 11) is 0. The maximum absolute atomic E-state index is 12.8. The van der Waals surface area contributed by atoms with Crippen molar-refractivity contribution in [3.05, 3.63) is 22.5 Å². The predicted octanol–water partition coefficient (Wildman–Crippen LogP) is 3.00. The van der Waals surface area contributed by atoms with Crippen LogP contribution in [0.3, 0.4) is 0 Å². The van der Waals surface area contributed by atoms with E-state index in [0.29, 0.717) is 43.7 Å². The number of carboxylic acids is 1. The number of halogens is 1. The second-order valence-corrected chi connectivity index (χ2v) is 7.58. The molecule has 1 aliphatic heterocycles. The molecule has 1 fully saturated rings. The van der Waals surface area contributed by atoms with Crippen LogP contribution in [0, 0.1) is 12.8 Å². The summed E-state index contributed by atoms with van der Waals surface area (Å²) in [5, 5.41) is 13.9. The minimum atomic E-state index is -0.919. The van der Waals surface area contributed by atoms with Crippen LogP contribution in [0.25, 0.3) is 6.08 Å². The summed E-state index contributed by atoms with van der Waals surface area (Å²) in [6.07, 6.45) is 4.49. The van der Waals surface area contributed by atoms with Gasteiger partial charge in [-0.15, -0.1) is 0 Å². The van der Waals surface area contributed by atoms with Crippen molar-refractivity contribution in [3.8, 4) is 0 Å². The number of aryl methyl sites for hydroxylation is 1. The molecule has 7 nitrogen and oxygen atoms in total. The summed E-state index contributed by atoms with van der Waals surface area (Å²) < 4.78 is 7.09. The predicted molar refractivity (Wildman–Crippen MR) is 104 cm³/mol. The smallest absolute Gasteiger partial charge is 0.305 e. The third kappa shape index (κ3) is 6.07. The minimum Gasteiger partial charge on any atom is -0.481 e. The van der Waals surface area contributed by atoms with Gasteiger partial charge in [-0.3, -0.25) is 14.3 Å². The average molecular weight is 398 g/mol. The maximum atomic E-state index is 12.8. The molecule has 1 aliphatic rings. The zero-order valence-corrected chi connectivity index (χ0v) is 16.9. The molecule has 0 atom stereocenters. The molecule has 2 heterocycles. The lowest BCUT2D eigenvalue weighted by molar-refractivity contribution is -0.138. The fourth-order valence-corrected chi connectivity index (χ4v) is 3.47. The van der Waals surface area contributed by atoms with Gasteiger partial charge >= 0.3 is 5.97 Å². The number of amides is 1. The van der Waals surface area contributed by atoms with Crippen LogP contribution in [-0.2, 0) is 20.9 Å². The molecule has 27 heavy (non-hydrogen) atoms. The van der Waals surface area contributed by atoms with E-state index in [0.717, 1.165) is 11.3 Å². The molecule has 0 aliphatic carbocycles. The lowest BCUT2D eigenvalue weighted by Gasteiger charge is -2.33. The highest BCUT2D eigenvalue weighted by atomic mass is 35.5. The van der Waals surface area contributed by atoms with Gasteiger partial charge in [0.25, 0.3) is 0 Å².